The molecule has 0 atom stereocenters. The Hall–Kier alpha value is -6.64. The molecule has 0 unspecified atom stereocenters. The van der Waals surface area contributed by atoms with Crippen molar-refractivity contribution >= 4 is 43.6 Å². The zero-order chi connectivity index (χ0) is 33.0. The van der Waals surface area contributed by atoms with Crippen LogP contribution in [0.1, 0.15) is 0 Å². The van der Waals surface area contributed by atoms with Crippen LogP contribution in [0.4, 0.5) is 0 Å². The molecule has 234 valence electrons. The van der Waals surface area contributed by atoms with Gasteiger partial charge in [-0.2, -0.15) is 0 Å². The number of fused-ring (bicyclic) bond motifs is 6. The predicted octanol–water partition coefficient (Wildman–Crippen LogP) is 12.9. The van der Waals surface area contributed by atoms with E-state index in [0.717, 1.165) is 5.69 Å². The van der Waals surface area contributed by atoms with E-state index in [1.165, 1.54) is 82.7 Å². The summed E-state index contributed by atoms with van der Waals surface area (Å²) in [6.07, 6.45) is 0. The van der Waals surface area contributed by atoms with Crippen molar-refractivity contribution < 1.29 is 0 Å². The Kier molecular flexibility index (Phi) is 6.53. The Morgan fingerprint density at radius 2 is 0.760 bits per heavy atom. The van der Waals surface area contributed by atoms with Gasteiger partial charge in [0.05, 0.1) is 22.1 Å². The fourth-order valence-electron chi connectivity index (χ4n) is 7.84. The maximum atomic E-state index is 2.43. The normalized spacial score (nSPS) is 11.6. The van der Waals surface area contributed by atoms with Crippen molar-refractivity contribution in [3.63, 3.8) is 0 Å². The third-order valence-electron chi connectivity index (χ3n) is 10.1. The number of hydrogen-bond acceptors (Lipinski definition) is 0. The molecule has 0 aliphatic carbocycles. The molecule has 10 rings (SSSR count). The maximum absolute atomic E-state index is 2.43. The molecule has 0 bridgehead atoms. The van der Waals surface area contributed by atoms with E-state index in [2.05, 4.69) is 203 Å². The molecule has 2 heteroatoms. The van der Waals surface area contributed by atoms with Crippen molar-refractivity contribution in [2.24, 2.45) is 0 Å². The van der Waals surface area contributed by atoms with Crippen molar-refractivity contribution in [1.82, 2.24) is 9.13 Å². The summed E-state index contributed by atoms with van der Waals surface area (Å²) in [5, 5.41) is 5.04. The first-order valence-corrected chi connectivity index (χ1v) is 17.2. The minimum atomic E-state index is 1.15. The van der Waals surface area contributed by atoms with Crippen LogP contribution in [-0.2, 0) is 0 Å². The predicted molar refractivity (Wildman–Crippen MR) is 211 cm³/mol. The standard InChI is InChI=1S/C48H32N2/c1-3-13-33(14-4-1)34-25-27-35(28-26-34)36-15-11-18-39(31-36)50-45-23-10-8-20-43(45)48-40(21-12-24-46(48)50)37-29-30-42-41-19-7-9-22-44(41)49(47(42)32-37)38-16-5-2-6-17-38/h1-32H. The second-order valence-electron chi connectivity index (χ2n) is 13.0. The molecular weight excluding hydrogens is 605 g/mol. The molecule has 0 radical (unpaired) electrons. The van der Waals surface area contributed by atoms with Crippen molar-refractivity contribution in [3.8, 4) is 44.8 Å². The van der Waals surface area contributed by atoms with Gasteiger partial charge in [-0.05, 0) is 81.9 Å². The van der Waals surface area contributed by atoms with Crippen molar-refractivity contribution in [2.45, 2.75) is 0 Å². The van der Waals surface area contributed by atoms with Crippen LogP contribution in [0.3, 0.4) is 0 Å². The average molecular weight is 637 g/mol. The number of benzene rings is 8. The molecule has 0 N–H and O–H groups in total. The van der Waals surface area contributed by atoms with Crippen LogP contribution in [0.2, 0.25) is 0 Å². The average Bonchev–Trinajstić information content (AvgIpc) is 3.71. The zero-order valence-corrected chi connectivity index (χ0v) is 27.4. The minimum absolute atomic E-state index is 1.15. The maximum Gasteiger partial charge on any atom is 0.0547 e. The second-order valence-corrected chi connectivity index (χ2v) is 13.0. The van der Waals surface area contributed by atoms with Gasteiger partial charge in [-0.15, -0.1) is 0 Å². The molecule has 0 aliphatic heterocycles. The molecule has 0 saturated carbocycles. The summed E-state index contributed by atoms with van der Waals surface area (Å²) < 4.78 is 4.82. The number of para-hydroxylation sites is 3. The first-order chi connectivity index (χ1) is 24.8. The van der Waals surface area contributed by atoms with Crippen LogP contribution < -0.4 is 0 Å². The van der Waals surface area contributed by atoms with Gasteiger partial charge in [0.25, 0.3) is 0 Å². The lowest BCUT2D eigenvalue weighted by Crippen LogP contribution is -1.94. The Bertz CT molecular complexity index is 2840. The topological polar surface area (TPSA) is 9.86 Å². The fourth-order valence-corrected chi connectivity index (χ4v) is 7.84. The highest BCUT2D eigenvalue weighted by Gasteiger charge is 2.18. The van der Waals surface area contributed by atoms with Crippen LogP contribution in [0.15, 0.2) is 194 Å². The highest BCUT2D eigenvalue weighted by molar-refractivity contribution is 6.17. The van der Waals surface area contributed by atoms with Gasteiger partial charge in [0, 0.05) is 32.9 Å². The molecule has 50 heavy (non-hydrogen) atoms. The van der Waals surface area contributed by atoms with E-state index in [0.29, 0.717) is 0 Å². The van der Waals surface area contributed by atoms with Crippen molar-refractivity contribution in [2.75, 3.05) is 0 Å². The van der Waals surface area contributed by atoms with Crippen LogP contribution in [0, 0.1) is 0 Å². The number of hydrogen-bond donors (Lipinski definition) is 0. The molecule has 0 spiro atoms. The first-order valence-electron chi connectivity index (χ1n) is 17.2. The van der Waals surface area contributed by atoms with E-state index in [9.17, 15) is 0 Å². The number of rotatable bonds is 5. The Morgan fingerprint density at radius 1 is 0.260 bits per heavy atom. The molecule has 0 saturated heterocycles. The van der Waals surface area contributed by atoms with Gasteiger partial charge in [0.15, 0.2) is 0 Å². The number of nitrogens with zero attached hydrogens (tertiary/aromatic N) is 2. The van der Waals surface area contributed by atoms with E-state index < -0.39 is 0 Å². The molecule has 0 fully saturated rings. The molecule has 0 amide bonds. The molecule has 2 heterocycles. The van der Waals surface area contributed by atoms with Gasteiger partial charge in [0.2, 0.25) is 0 Å². The fraction of sp³-hybridized carbons (Fsp3) is 0. The summed E-state index contributed by atoms with van der Waals surface area (Å²) in [6.45, 7) is 0. The third kappa shape index (κ3) is 4.50. The summed E-state index contributed by atoms with van der Waals surface area (Å²) in [6, 6.07) is 70.4. The molecule has 8 aromatic carbocycles. The Labute approximate surface area is 290 Å². The van der Waals surface area contributed by atoms with Gasteiger partial charge in [0.1, 0.15) is 0 Å². The summed E-state index contributed by atoms with van der Waals surface area (Å²) in [7, 11) is 0. The largest absolute Gasteiger partial charge is 0.309 e. The lowest BCUT2D eigenvalue weighted by Gasteiger charge is -2.12. The SMILES string of the molecule is c1ccc(-c2ccc(-c3cccc(-n4c5ccccc5c5c(-c6ccc7c8ccccc8n(-c8ccccc8)c7c6)cccc54)c3)cc2)cc1. The van der Waals surface area contributed by atoms with E-state index >= 15 is 0 Å². The van der Waals surface area contributed by atoms with Crippen LogP contribution in [0.25, 0.3) is 88.4 Å². The lowest BCUT2D eigenvalue weighted by molar-refractivity contribution is 1.18. The zero-order valence-electron chi connectivity index (χ0n) is 27.4. The van der Waals surface area contributed by atoms with Crippen molar-refractivity contribution in [1.29, 1.82) is 0 Å². The molecule has 2 nitrogen and oxygen atoms in total. The summed E-state index contributed by atoms with van der Waals surface area (Å²) in [4.78, 5) is 0. The van der Waals surface area contributed by atoms with Crippen molar-refractivity contribution in [3.05, 3.63) is 194 Å². The van der Waals surface area contributed by atoms with E-state index in [-0.39, 0.29) is 0 Å². The Morgan fingerprint density at radius 3 is 1.54 bits per heavy atom. The van der Waals surface area contributed by atoms with Gasteiger partial charge < -0.3 is 9.13 Å². The Balaban J connectivity index is 1.15. The van der Waals surface area contributed by atoms with E-state index in [1.54, 1.807) is 0 Å². The number of aromatic nitrogens is 2. The first kappa shape index (κ1) is 28.4. The van der Waals surface area contributed by atoms with Crippen LogP contribution >= 0.6 is 0 Å². The smallest absolute Gasteiger partial charge is 0.0547 e. The minimum Gasteiger partial charge on any atom is -0.309 e. The second kappa shape index (κ2) is 11.5. The lowest BCUT2D eigenvalue weighted by atomic mass is 9.98. The van der Waals surface area contributed by atoms with E-state index in [1.807, 2.05) is 0 Å². The molecule has 2 aromatic heterocycles. The summed E-state index contributed by atoms with van der Waals surface area (Å²) in [5.41, 5.74) is 14.4. The van der Waals surface area contributed by atoms with Gasteiger partial charge in [-0.25, -0.2) is 0 Å². The van der Waals surface area contributed by atoms with Gasteiger partial charge >= 0.3 is 0 Å². The molecule has 10 aromatic rings. The van der Waals surface area contributed by atoms with E-state index in [4.69, 9.17) is 0 Å². The van der Waals surface area contributed by atoms with Gasteiger partial charge in [-0.1, -0.05) is 146 Å². The summed E-state index contributed by atoms with van der Waals surface area (Å²) in [5.74, 6) is 0. The van der Waals surface area contributed by atoms with Gasteiger partial charge in [-0.3, -0.25) is 0 Å². The molecular formula is C48H32N2. The summed E-state index contributed by atoms with van der Waals surface area (Å²) >= 11 is 0. The highest BCUT2D eigenvalue weighted by Crippen LogP contribution is 2.41. The van der Waals surface area contributed by atoms with Crippen LogP contribution in [0.5, 0.6) is 0 Å². The molecule has 0 aliphatic rings. The third-order valence-corrected chi connectivity index (χ3v) is 10.1. The highest BCUT2D eigenvalue weighted by atomic mass is 15.0. The quantitative estimate of drug-likeness (QED) is 0.178. The van der Waals surface area contributed by atoms with Crippen LogP contribution in [-0.4, -0.2) is 9.13 Å². The monoisotopic (exact) mass is 636 g/mol.